The van der Waals surface area contributed by atoms with Gasteiger partial charge in [-0.05, 0) is 37.1 Å². The fourth-order valence-corrected chi connectivity index (χ4v) is 2.64. The maximum Gasteiger partial charge on any atom is 0.341 e. The number of halogens is 2. The van der Waals surface area contributed by atoms with Gasteiger partial charge in [-0.25, -0.2) is 8.42 Å². The van der Waals surface area contributed by atoms with Crippen molar-refractivity contribution < 1.29 is 21.9 Å². The van der Waals surface area contributed by atoms with E-state index in [2.05, 4.69) is 5.32 Å². The van der Waals surface area contributed by atoms with Gasteiger partial charge in [0.15, 0.2) is 0 Å². The third-order valence-electron chi connectivity index (χ3n) is 3.01. The monoisotopic (exact) mass is 291 g/mol. The molecule has 1 aromatic rings. The minimum absolute atomic E-state index is 0.270. The first-order chi connectivity index (χ1) is 9.00. The van der Waals surface area contributed by atoms with Crippen molar-refractivity contribution in [3.05, 3.63) is 24.3 Å². The molecule has 0 radical (unpaired) electrons. The van der Waals surface area contributed by atoms with Crippen LogP contribution >= 0.6 is 0 Å². The Kier molecular flexibility index (Phi) is 4.36. The Morgan fingerprint density at radius 1 is 1.16 bits per heavy atom. The molecule has 1 aromatic carbocycles. The van der Waals surface area contributed by atoms with Crippen molar-refractivity contribution in [2.75, 3.05) is 18.5 Å². The molecule has 1 N–H and O–H groups in total. The zero-order chi connectivity index (χ0) is 13.9. The van der Waals surface area contributed by atoms with Gasteiger partial charge in [-0.1, -0.05) is 0 Å². The van der Waals surface area contributed by atoms with Crippen LogP contribution in [0.4, 0.5) is 14.5 Å². The van der Waals surface area contributed by atoms with Gasteiger partial charge >= 0.3 is 5.76 Å². The summed E-state index contributed by atoms with van der Waals surface area (Å²) in [6.45, 7) is 1.38. The molecule has 2 rings (SSSR count). The topological polar surface area (TPSA) is 55.4 Å². The van der Waals surface area contributed by atoms with Crippen LogP contribution in [0.5, 0.6) is 0 Å². The number of alkyl halides is 2. The molecule has 0 bridgehead atoms. The normalized spacial score (nSPS) is 17.6. The molecule has 1 heterocycles. The molecule has 0 aliphatic carbocycles. The molecule has 0 unspecified atom stereocenters. The van der Waals surface area contributed by atoms with Gasteiger partial charge in [0.1, 0.15) is 0 Å². The molecule has 1 aliphatic rings. The molecule has 1 saturated heterocycles. The number of rotatable bonds is 4. The number of sulfone groups is 1. The molecule has 0 spiro atoms. The lowest BCUT2D eigenvalue weighted by atomic mass is 10.1. The van der Waals surface area contributed by atoms with Crippen LogP contribution in [-0.4, -0.2) is 33.4 Å². The van der Waals surface area contributed by atoms with Gasteiger partial charge in [0.25, 0.3) is 0 Å². The minimum Gasteiger partial charge on any atom is -0.382 e. The molecular weight excluding hydrogens is 276 g/mol. The summed E-state index contributed by atoms with van der Waals surface area (Å²) in [5, 5.41) is 3.23. The van der Waals surface area contributed by atoms with Gasteiger partial charge in [0.2, 0.25) is 9.84 Å². The Morgan fingerprint density at radius 3 is 2.26 bits per heavy atom. The van der Waals surface area contributed by atoms with Gasteiger partial charge in [0.05, 0.1) is 4.90 Å². The van der Waals surface area contributed by atoms with Crippen LogP contribution in [0.25, 0.3) is 0 Å². The molecule has 1 fully saturated rings. The van der Waals surface area contributed by atoms with E-state index in [1.54, 1.807) is 0 Å². The number of hydrogen-bond donors (Lipinski definition) is 1. The Bertz CT molecular complexity index is 510. The second kappa shape index (κ2) is 5.83. The first kappa shape index (κ1) is 14.2. The van der Waals surface area contributed by atoms with E-state index in [9.17, 15) is 17.2 Å². The average Bonchev–Trinajstić information content (AvgIpc) is 2.40. The van der Waals surface area contributed by atoms with Crippen LogP contribution in [0.3, 0.4) is 0 Å². The zero-order valence-corrected chi connectivity index (χ0v) is 11.0. The highest BCUT2D eigenvalue weighted by molar-refractivity contribution is 7.91. The Labute approximate surface area is 110 Å². The second-order valence-corrected chi connectivity index (χ2v) is 6.28. The molecule has 0 amide bonds. The summed E-state index contributed by atoms with van der Waals surface area (Å²) in [4.78, 5) is -0.361. The lowest BCUT2D eigenvalue weighted by Gasteiger charge is -2.24. The largest absolute Gasteiger partial charge is 0.382 e. The van der Waals surface area contributed by atoms with Crippen molar-refractivity contribution in [3.8, 4) is 0 Å². The Hall–Kier alpha value is -1.21. The summed E-state index contributed by atoms with van der Waals surface area (Å²) in [5.41, 5.74) is 0.722. The SMILES string of the molecule is O=S(=O)(c1ccc(NC2CCOCC2)cc1)C(F)F. The summed E-state index contributed by atoms with van der Waals surface area (Å²) in [6, 6.07) is 5.67. The third-order valence-corrected chi connectivity index (χ3v) is 4.41. The summed E-state index contributed by atoms with van der Waals surface area (Å²) >= 11 is 0. The standard InChI is InChI=1S/C12H15F2NO3S/c13-12(14)19(16,17)11-3-1-9(2-4-11)15-10-5-7-18-8-6-10/h1-4,10,12,15H,5-8H2. The van der Waals surface area contributed by atoms with Crippen LogP contribution in [0.2, 0.25) is 0 Å². The van der Waals surface area contributed by atoms with Crippen LogP contribution in [0.1, 0.15) is 12.8 Å². The predicted molar refractivity (Wildman–Crippen MR) is 67.1 cm³/mol. The summed E-state index contributed by atoms with van der Waals surface area (Å²) in [6.07, 6.45) is 1.74. The van der Waals surface area contributed by atoms with E-state index in [-0.39, 0.29) is 10.9 Å². The fourth-order valence-electron chi connectivity index (χ4n) is 1.92. The van der Waals surface area contributed by atoms with Crippen LogP contribution < -0.4 is 5.32 Å². The van der Waals surface area contributed by atoms with E-state index in [0.717, 1.165) is 18.5 Å². The smallest absolute Gasteiger partial charge is 0.341 e. The first-order valence-electron chi connectivity index (χ1n) is 5.96. The number of anilines is 1. The van der Waals surface area contributed by atoms with Gasteiger partial charge < -0.3 is 10.1 Å². The molecule has 4 nitrogen and oxygen atoms in total. The first-order valence-corrected chi connectivity index (χ1v) is 7.51. The van der Waals surface area contributed by atoms with Crippen molar-refractivity contribution in [2.45, 2.75) is 29.5 Å². The number of benzene rings is 1. The fraction of sp³-hybridized carbons (Fsp3) is 0.500. The maximum absolute atomic E-state index is 12.4. The van der Waals surface area contributed by atoms with Crippen LogP contribution in [-0.2, 0) is 14.6 Å². The van der Waals surface area contributed by atoms with E-state index in [0.29, 0.717) is 13.2 Å². The van der Waals surface area contributed by atoms with Gasteiger partial charge in [0, 0.05) is 24.9 Å². The zero-order valence-electron chi connectivity index (χ0n) is 10.2. The molecule has 1 aliphatic heterocycles. The van der Waals surface area contributed by atoms with Crippen molar-refractivity contribution in [3.63, 3.8) is 0 Å². The quantitative estimate of drug-likeness (QED) is 0.924. The molecule has 19 heavy (non-hydrogen) atoms. The average molecular weight is 291 g/mol. The lowest BCUT2D eigenvalue weighted by molar-refractivity contribution is 0.0904. The highest BCUT2D eigenvalue weighted by Crippen LogP contribution is 2.21. The number of nitrogens with one attached hydrogen (secondary N) is 1. The Morgan fingerprint density at radius 2 is 1.74 bits per heavy atom. The van der Waals surface area contributed by atoms with E-state index in [1.807, 2.05) is 0 Å². The van der Waals surface area contributed by atoms with Crippen molar-refractivity contribution in [1.29, 1.82) is 0 Å². The summed E-state index contributed by atoms with van der Waals surface area (Å²) in [7, 11) is -4.51. The number of ether oxygens (including phenoxy) is 1. The molecule has 0 aromatic heterocycles. The van der Waals surface area contributed by atoms with Crippen molar-refractivity contribution >= 4 is 15.5 Å². The van der Waals surface area contributed by atoms with Gasteiger partial charge in [-0.15, -0.1) is 0 Å². The van der Waals surface area contributed by atoms with Crippen LogP contribution in [0, 0.1) is 0 Å². The molecule has 106 valence electrons. The summed E-state index contributed by atoms with van der Waals surface area (Å²) < 4.78 is 52.4. The minimum atomic E-state index is -4.51. The molecule has 0 atom stereocenters. The van der Waals surface area contributed by atoms with Gasteiger partial charge in [-0.2, -0.15) is 8.78 Å². The van der Waals surface area contributed by atoms with Crippen molar-refractivity contribution in [1.82, 2.24) is 0 Å². The lowest BCUT2D eigenvalue weighted by Crippen LogP contribution is -2.27. The highest BCUT2D eigenvalue weighted by atomic mass is 32.2. The third kappa shape index (κ3) is 3.42. The van der Waals surface area contributed by atoms with E-state index < -0.39 is 15.6 Å². The van der Waals surface area contributed by atoms with E-state index >= 15 is 0 Å². The van der Waals surface area contributed by atoms with E-state index in [1.165, 1.54) is 24.3 Å². The Balaban J connectivity index is 2.06. The molecule has 7 heteroatoms. The maximum atomic E-state index is 12.4. The molecular formula is C12H15F2NO3S. The summed E-state index contributed by atoms with van der Waals surface area (Å²) in [5.74, 6) is -3.39. The van der Waals surface area contributed by atoms with Crippen LogP contribution in [0.15, 0.2) is 29.2 Å². The molecule has 0 saturated carbocycles. The highest BCUT2D eigenvalue weighted by Gasteiger charge is 2.26. The van der Waals surface area contributed by atoms with Crippen molar-refractivity contribution in [2.24, 2.45) is 0 Å². The second-order valence-electron chi connectivity index (χ2n) is 4.36. The van der Waals surface area contributed by atoms with Gasteiger partial charge in [-0.3, -0.25) is 0 Å². The van der Waals surface area contributed by atoms with E-state index in [4.69, 9.17) is 4.74 Å². The number of hydrogen-bond acceptors (Lipinski definition) is 4. The predicted octanol–water partition coefficient (Wildman–Crippen LogP) is 2.27.